The molecule has 1 N–H and O–H groups in total. The van der Waals surface area contributed by atoms with Crippen molar-refractivity contribution in [3.8, 4) is 0 Å². The van der Waals surface area contributed by atoms with Crippen molar-refractivity contribution in [2.45, 2.75) is 45.3 Å². The molecule has 17 heavy (non-hydrogen) atoms. The van der Waals surface area contributed by atoms with E-state index in [1.54, 1.807) is 0 Å². The van der Waals surface area contributed by atoms with Crippen LogP contribution in [-0.4, -0.2) is 47.8 Å². The second-order valence-electron chi connectivity index (χ2n) is 5.42. The maximum atomic E-state index is 10.9. The second-order valence-corrected chi connectivity index (χ2v) is 5.42. The lowest BCUT2D eigenvalue weighted by Crippen LogP contribution is -2.57. The first-order valence-electron chi connectivity index (χ1n) is 6.70. The average molecular weight is 241 g/mol. The molecule has 2 aliphatic rings. The SMILES string of the molecule is CCC1CC(N2CC(C(C)C(=O)O)C2)CCO1. The van der Waals surface area contributed by atoms with Crippen molar-refractivity contribution < 1.29 is 14.6 Å². The van der Waals surface area contributed by atoms with Crippen LogP contribution in [0.15, 0.2) is 0 Å². The Bertz CT molecular complexity index is 276. The Labute approximate surface area is 103 Å². The minimum absolute atomic E-state index is 0.201. The van der Waals surface area contributed by atoms with Crippen LogP contribution in [0.1, 0.15) is 33.1 Å². The highest BCUT2D eigenvalue weighted by Crippen LogP contribution is 2.31. The third kappa shape index (κ3) is 2.80. The van der Waals surface area contributed by atoms with E-state index in [4.69, 9.17) is 9.84 Å². The lowest BCUT2D eigenvalue weighted by atomic mass is 9.84. The molecular formula is C13H23NO3. The summed E-state index contributed by atoms with van der Waals surface area (Å²) in [5.41, 5.74) is 0. The molecule has 98 valence electrons. The van der Waals surface area contributed by atoms with E-state index in [9.17, 15) is 4.79 Å². The fourth-order valence-corrected chi connectivity index (χ4v) is 2.84. The molecule has 3 unspecified atom stereocenters. The van der Waals surface area contributed by atoms with Crippen molar-refractivity contribution in [1.29, 1.82) is 0 Å². The summed E-state index contributed by atoms with van der Waals surface area (Å²) in [7, 11) is 0. The molecule has 0 bridgehead atoms. The van der Waals surface area contributed by atoms with E-state index >= 15 is 0 Å². The van der Waals surface area contributed by atoms with Crippen LogP contribution in [0.3, 0.4) is 0 Å². The summed E-state index contributed by atoms with van der Waals surface area (Å²) in [5, 5.41) is 8.96. The number of ether oxygens (including phenoxy) is 1. The molecule has 3 atom stereocenters. The molecule has 2 rings (SSSR count). The quantitative estimate of drug-likeness (QED) is 0.812. The number of nitrogens with zero attached hydrogens (tertiary/aromatic N) is 1. The zero-order valence-corrected chi connectivity index (χ0v) is 10.8. The molecule has 2 saturated heterocycles. The van der Waals surface area contributed by atoms with Crippen LogP contribution in [0, 0.1) is 11.8 Å². The van der Waals surface area contributed by atoms with E-state index in [0.717, 1.165) is 39.0 Å². The first kappa shape index (κ1) is 12.8. The average Bonchev–Trinajstić information content (AvgIpc) is 2.27. The molecular weight excluding hydrogens is 218 g/mol. The molecule has 0 aliphatic carbocycles. The number of carbonyl (C=O) groups is 1. The molecule has 0 aromatic carbocycles. The van der Waals surface area contributed by atoms with Crippen LogP contribution >= 0.6 is 0 Å². The Morgan fingerprint density at radius 1 is 1.53 bits per heavy atom. The van der Waals surface area contributed by atoms with Gasteiger partial charge < -0.3 is 9.84 Å². The molecule has 4 heteroatoms. The lowest BCUT2D eigenvalue weighted by Gasteiger charge is -2.48. The summed E-state index contributed by atoms with van der Waals surface area (Å²) >= 11 is 0. The van der Waals surface area contributed by atoms with E-state index in [-0.39, 0.29) is 5.92 Å². The minimum Gasteiger partial charge on any atom is -0.481 e. The maximum Gasteiger partial charge on any atom is 0.306 e. The molecule has 0 aromatic rings. The number of hydrogen-bond acceptors (Lipinski definition) is 3. The van der Waals surface area contributed by atoms with E-state index in [1.165, 1.54) is 0 Å². The van der Waals surface area contributed by atoms with Crippen LogP contribution in [0.25, 0.3) is 0 Å². The lowest BCUT2D eigenvalue weighted by molar-refractivity contribution is -0.147. The van der Waals surface area contributed by atoms with E-state index in [2.05, 4.69) is 11.8 Å². The van der Waals surface area contributed by atoms with Crippen LogP contribution in [0.4, 0.5) is 0 Å². The molecule has 0 radical (unpaired) electrons. The van der Waals surface area contributed by atoms with Gasteiger partial charge in [-0.1, -0.05) is 13.8 Å². The highest BCUT2D eigenvalue weighted by Gasteiger charge is 2.39. The largest absolute Gasteiger partial charge is 0.481 e. The van der Waals surface area contributed by atoms with Gasteiger partial charge in [0, 0.05) is 25.7 Å². The number of likely N-dealkylation sites (tertiary alicyclic amines) is 1. The van der Waals surface area contributed by atoms with Crippen LogP contribution in [0.5, 0.6) is 0 Å². The summed E-state index contributed by atoms with van der Waals surface area (Å²) in [5.74, 6) is -0.517. The van der Waals surface area contributed by atoms with Crippen molar-refractivity contribution in [2.24, 2.45) is 11.8 Å². The molecule has 2 fully saturated rings. The van der Waals surface area contributed by atoms with Gasteiger partial charge in [-0.15, -0.1) is 0 Å². The normalized spacial score (nSPS) is 33.1. The summed E-state index contributed by atoms with van der Waals surface area (Å²) in [4.78, 5) is 13.3. The summed E-state index contributed by atoms with van der Waals surface area (Å²) in [6, 6.07) is 0.617. The van der Waals surface area contributed by atoms with Gasteiger partial charge in [0.25, 0.3) is 0 Å². The zero-order chi connectivity index (χ0) is 12.4. The molecule has 0 aromatic heterocycles. The predicted octanol–water partition coefficient (Wildman–Crippen LogP) is 1.60. The van der Waals surface area contributed by atoms with Gasteiger partial charge in [0.1, 0.15) is 0 Å². The van der Waals surface area contributed by atoms with Gasteiger partial charge in [0.15, 0.2) is 0 Å². The Kier molecular flexibility index (Phi) is 4.05. The van der Waals surface area contributed by atoms with Crippen molar-refractivity contribution in [2.75, 3.05) is 19.7 Å². The number of carboxylic acid groups (broad SMARTS) is 1. The number of hydrogen-bond donors (Lipinski definition) is 1. The smallest absolute Gasteiger partial charge is 0.306 e. The van der Waals surface area contributed by atoms with Crippen LogP contribution < -0.4 is 0 Å². The van der Waals surface area contributed by atoms with E-state index in [1.807, 2.05) is 6.92 Å². The van der Waals surface area contributed by atoms with Crippen molar-refractivity contribution in [3.05, 3.63) is 0 Å². The van der Waals surface area contributed by atoms with Gasteiger partial charge in [-0.3, -0.25) is 9.69 Å². The molecule has 0 spiro atoms. The Balaban J connectivity index is 1.77. The first-order chi connectivity index (χ1) is 8.11. The molecule has 2 heterocycles. The van der Waals surface area contributed by atoms with Gasteiger partial charge >= 0.3 is 5.97 Å². The molecule has 0 amide bonds. The van der Waals surface area contributed by atoms with Crippen LogP contribution in [0.2, 0.25) is 0 Å². The number of carboxylic acids is 1. The van der Waals surface area contributed by atoms with Gasteiger partial charge in [0.2, 0.25) is 0 Å². The number of aliphatic carboxylic acids is 1. The first-order valence-corrected chi connectivity index (χ1v) is 6.70. The van der Waals surface area contributed by atoms with Crippen LogP contribution in [-0.2, 0) is 9.53 Å². The molecule has 4 nitrogen and oxygen atoms in total. The number of rotatable bonds is 4. The maximum absolute atomic E-state index is 10.9. The Morgan fingerprint density at radius 2 is 2.24 bits per heavy atom. The highest BCUT2D eigenvalue weighted by atomic mass is 16.5. The monoisotopic (exact) mass is 241 g/mol. The standard InChI is InChI=1S/C13H23NO3/c1-3-12-6-11(4-5-17-12)14-7-10(8-14)9(2)13(15)16/h9-12H,3-8H2,1-2H3,(H,15,16). The summed E-state index contributed by atoms with van der Waals surface area (Å²) < 4.78 is 5.67. The third-order valence-electron chi connectivity index (χ3n) is 4.35. The van der Waals surface area contributed by atoms with Gasteiger partial charge in [-0.25, -0.2) is 0 Å². The van der Waals surface area contributed by atoms with Crippen molar-refractivity contribution in [3.63, 3.8) is 0 Å². The fourth-order valence-electron chi connectivity index (χ4n) is 2.84. The molecule has 2 aliphatic heterocycles. The predicted molar refractivity (Wildman–Crippen MR) is 64.9 cm³/mol. The zero-order valence-electron chi connectivity index (χ0n) is 10.8. The summed E-state index contributed by atoms with van der Waals surface area (Å²) in [6.45, 7) is 6.75. The Hall–Kier alpha value is -0.610. The van der Waals surface area contributed by atoms with Gasteiger partial charge in [-0.2, -0.15) is 0 Å². The molecule has 0 saturated carbocycles. The highest BCUT2D eigenvalue weighted by molar-refractivity contribution is 5.70. The van der Waals surface area contributed by atoms with E-state index in [0.29, 0.717) is 18.1 Å². The topological polar surface area (TPSA) is 49.8 Å². The van der Waals surface area contributed by atoms with Gasteiger partial charge in [-0.05, 0) is 25.2 Å². The van der Waals surface area contributed by atoms with E-state index < -0.39 is 5.97 Å². The summed E-state index contributed by atoms with van der Waals surface area (Å²) in [6.07, 6.45) is 3.71. The second kappa shape index (κ2) is 5.36. The van der Waals surface area contributed by atoms with Crippen molar-refractivity contribution in [1.82, 2.24) is 4.90 Å². The fraction of sp³-hybridized carbons (Fsp3) is 0.923. The third-order valence-corrected chi connectivity index (χ3v) is 4.35. The van der Waals surface area contributed by atoms with Gasteiger partial charge in [0.05, 0.1) is 12.0 Å². The minimum atomic E-state index is -0.659. The van der Waals surface area contributed by atoms with Crippen molar-refractivity contribution >= 4 is 5.97 Å². The Morgan fingerprint density at radius 3 is 2.82 bits per heavy atom.